The van der Waals surface area contributed by atoms with Crippen molar-refractivity contribution >= 4 is 39.7 Å². The molecule has 0 atom stereocenters. The zero-order valence-corrected chi connectivity index (χ0v) is 16.4. The molecule has 0 fully saturated rings. The van der Waals surface area contributed by atoms with Gasteiger partial charge < -0.3 is 13.9 Å². The fraction of sp³-hybridized carbons (Fsp3) is 0.167. The van der Waals surface area contributed by atoms with Crippen LogP contribution in [0.3, 0.4) is 0 Å². The van der Waals surface area contributed by atoms with Crippen LogP contribution in [0, 0.1) is 6.92 Å². The van der Waals surface area contributed by atoms with Gasteiger partial charge >= 0.3 is 5.97 Å². The first-order chi connectivity index (χ1) is 12.5. The summed E-state index contributed by atoms with van der Waals surface area (Å²) < 4.78 is 12.0. The lowest BCUT2D eigenvalue weighted by molar-refractivity contribution is -0.131. The highest BCUT2D eigenvalue weighted by Gasteiger charge is 2.16. The van der Waals surface area contributed by atoms with Crippen LogP contribution in [-0.2, 0) is 11.2 Å². The summed E-state index contributed by atoms with van der Waals surface area (Å²) >= 11 is 4.41. The van der Waals surface area contributed by atoms with Crippen molar-refractivity contribution in [1.82, 2.24) is 10.2 Å². The largest absolute Gasteiger partial charge is 0.477 e. The lowest BCUT2D eigenvalue weighted by Crippen LogP contribution is -1.96. The minimum Gasteiger partial charge on any atom is -0.477 e. The number of furan rings is 1. The number of nitrogens with zero attached hydrogens (tertiary/aromatic N) is 2. The Bertz CT molecular complexity index is 977. The van der Waals surface area contributed by atoms with Crippen LogP contribution in [0.5, 0.6) is 0 Å². The highest BCUT2D eigenvalue weighted by Crippen LogP contribution is 2.32. The van der Waals surface area contributed by atoms with Crippen LogP contribution in [0.25, 0.3) is 17.4 Å². The van der Waals surface area contributed by atoms with Crippen LogP contribution in [0.1, 0.15) is 24.1 Å². The normalized spacial score (nSPS) is 11.7. The summed E-state index contributed by atoms with van der Waals surface area (Å²) in [6, 6.07) is 9.44. The Labute approximate surface area is 162 Å². The van der Waals surface area contributed by atoms with E-state index in [1.54, 1.807) is 12.1 Å². The summed E-state index contributed by atoms with van der Waals surface area (Å²) in [5, 5.41) is 17.3. The first-order valence-electron chi connectivity index (χ1n) is 7.78. The molecule has 6 nitrogen and oxygen atoms in total. The predicted octanol–water partition coefficient (Wildman–Crippen LogP) is 5.18. The minimum absolute atomic E-state index is 0.0279. The molecule has 134 valence electrons. The smallest absolute Gasteiger partial charge is 0.342 e. The summed E-state index contributed by atoms with van der Waals surface area (Å²) in [6.07, 6.45) is 2.03. The van der Waals surface area contributed by atoms with E-state index in [1.807, 2.05) is 32.0 Å². The zero-order valence-electron chi connectivity index (χ0n) is 14.0. The molecule has 26 heavy (non-hydrogen) atoms. The monoisotopic (exact) mass is 434 g/mol. The van der Waals surface area contributed by atoms with Crippen molar-refractivity contribution in [2.24, 2.45) is 0 Å². The standard InChI is InChI=1S/C18H15BrN2O4S/c1-3-16-20-21-18(25-16)26-15(17(22)23)9-11-5-7-14(24-11)12-6-4-10(2)8-13(12)19/h4-9H,3H2,1-2H3,(H,22,23)/b15-9-. The molecule has 0 saturated heterocycles. The molecule has 3 rings (SSSR count). The molecule has 1 N–H and O–H groups in total. The molecule has 1 aromatic carbocycles. The van der Waals surface area contributed by atoms with Gasteiger partial charge in [0.05, 0.1) is 0 Å². The molecule has 3 aromatic rings. The van der Waals surface area contributed by atoms with Crippen LogP contribution in [-0.4, -0.2) is 21.3 Å². The number of aromatic nitrogens is 2. The molecule has 0 unspecified atom stereocenters. The summed E-state index contributed by atoms with van der Waals surface area (Å²) in [4.78, 5) is 11.6. The van der Waals surface area contributed by atoms with Gasteiger partial charge in [0.2, 0.25) is 5.89 Å². The van der Waals surface area contributed by atoms with Gasteiger partial charge in [-0.3, -0.25) is 0 Å². The third-order valence-corrected chi connectivity index (χ3v) is 4.96. The van der Waals surface area contributed by atoms with Gasteiger partial charge in [0.15, 0.2) is 0 Å². The molecule has 0 saturated carbocycles. The van der Waals surface area contributed by atoms with Crippen LogP contribution in [0.2, 0.25) is 0 Å². The number of halogens is 1. The van der Waals surface area contributed by atoms with Crippen LogP contribution in [0.4, 0.5) is 0 Å². The molecule has 2 heterocycles. The number of benzene rings is 1. The molecule has 0 aliphatic rings. The van der Waals surface area contributed by atoms with Crippen molar-refractivity contribution in [2.75, 3.05) is 0 Å². The first-order valence-corrected chi connectivity index (χ1v) is 9.38. The molecule has 2 aromatic heterocycles. The predicted molar refractivity (Wildman–Crippen MR) is 102 cm³/mol. The fourth-order valence-electron chi connectivity index (χ4n) is 2.18. The van der Waals surface area contributed by atoms with E-state index in [9.17, 15) is 9.90 Å². The van der Waals surface area contributed by atoms with Crippen molar-refractivity contribution in [3.63, 3.8) is 0 Å². The Balaban J connectivity index is 1.86. The van der Waals surface area contributed by atoms with E-state index in [4.69, 9.17) is 8.83 Å². The van der Waals surface area contributed by atoms with Gasteiger partial charge in [-0.15, -0.1) is 10.2 Å². The summed E-state index contributed by atoms with van der Waals surface area (Å²) in [6.45, 7) is 3.88. The minimum atomic E-state index is -1.10. The molecular formula is C18H15BrN2O4S. The summed E-state index contributed by atoms with van der Waals surface area (Å²) in [5.41, 5.74) is 2.02. The van der Waals surface area contributed by atoms with Gasteiger partial charge in [-0.25, -0.2) is 4.79 Å². The van der Waals surface area contributed by atoms with E-state index in [2.05, 4.69) is 26.1 Å². The van der Waals surface area contributed by atoms with Crippen LogP contribution in [0.15, 0.2) is 53.8 Å². The number of hydrogen-bond donors (Lipinski definition) is 1. The van der Waals surface area contributed by atoms with E-state index in [1.165, 1.54) is 6.08 Å². The lowest BCUT2D eigenvalue weighted by Gasteiger charge is -2.02. The summed E-state index contributed by atoms with van der Waals surface area (Å²) in [5.74, 6) is 0.430. The third kappa shape index (κ3) is 4.25. The number of carboxylic acids is 1. The maximum atomic E-state index is 11.5. The Kier molecular flexibility index (Phi) is 5.63. The Morgan fingerprint density at radius 1 is 1.27 bits per heavy atom. The number of aliphatic carboxylic acids is 1. The average Bonchev–Trinajstić information content (AvgIpc) is 3.23. The molecular weight excluding hydrogens is 420 g/mol. The topological polar surface area (TPSA) is 89.4 Å². The first kappa shape index (κ1) is 18.5. The van der Waals surface area contributed by atoms with Crippen molar-refractivity contribution in [2.45, 2.75) is 25.5 Å². The second-order valence-corrected chi connectivity index (χ2v) is 7.26. The molecule has 0 radical (unpaired) electrons. The van der Waals surface area contributed by atoms with E-state index in [0.29, 0.717) is 23.8 Å². The zero-order chi connectivity index (χ0) is 18.7. The SMILES string of the molecule is CCc1nnc(S/C(=C\c2ccc(-c3ccc(C)cc3Br)o2)C(=O)O)o1. The second-order valence-electron chi connectivity index (χ2n) is 5.42. The van der Waals surface area contributed by atoms with Crippen LogP contribution < -0.4 is 0 Å². The third-order valence-electron chi connectivity index (χ3n) is 3.45. The van der Waals surface area contributed by atoms with Crippen molar-refractivity contribution < 1.29 is 18.7 Å². The second kappa shape index (κ2) is 7.92. The molecule has 0 amide bonds. The highest BCUT2D eigenvalue weighted by molar-refractivity contribution is 9.10. The van der Waals surface area contributed by atoms with Crippen molar-refractivity contribution in [3.8, 4) is 11.3 Å². The quantitative estimate of drug-likeness (QED) is 0.422. The Morgan fingerprint density at radius 2 is 2.08 bits per heavy atom. The fourth-order valence-corrected chi connectivity index (χ4v) is 3.53. The van der Waals surface area contributed by atoms with E-state index in [-0.39, 0.29) is 10.1 Å². The lowest BCUT2D eigenvalue weighted by atomic mass is 10.1. The molecule has 0 bridgehead atoms. The highest BCUT2D eigenvalue weighted by atomic mass is 79.9. The molecule has 0 spiro atoms. The van der Waals surface area contributed by atoms with Crippen LogP contribution >= 0.6 is 27.7 Å². The van der Waals surface area contributed by atoms with E-state index >= 15 is 0 Å². The number of hydrogen-bond acceptors (Lipinski definition) is 6. The van der Waals surface area contributed by atoms with Gasteiger partial charge in [0.25, 0.3) is 5.22 Å². The van der Waals surface area contributed by atoms with Gasteiger partial charge in [-0.2, -0.15) is 0 Å². The molecule has 0 aliphatic heterocycles. The van der Waals surface area contributed by atoms with Crippen molar-refractivity contribution in [3.05, 3.63) is 56.9 Å². The van der Waals surface area contributed by atoms with Crippen molar-refractivity contribution in [1.29, 1.82) is 0 Å². The molecule has 8 heteroatoms. The van der Waals surface area contributed by atoms with Gasteiger partial charge in [-0.05, 0) is 48.5 Å². The Morgan fingerprint density at radius 3 is 2.73 bits per heavy atom. The maximum absolute atomic E-state index is 11.5. The number of carboxylic acid groups (broad SMARTS) is 1. The maximum Gasteiger partial charge on any atom is 0.342 e. The number of carbonyl (C=O) groups is 1. The van der Waals surface area contributed by atoms with E-state index in [0.717, 1.165) is 27.4 Å². The number of aryl methyl sites for hydroxylation is 2. The summed E-state index contributed by atoms with van der Waals surface area (Å²) in [7, 11) is 0. The molecule has 0 aliphatic carbocycles. The average molecular weight is 435 g/mol. The number of rotatable bonds is 6. The van der Waals surface area contributed by atoms with E-state index < -0.39 is 5.97 Å². The number of thioether (sulfide) groups is 1. The van der Waals surface area contributed by atoms with Gasteiger partial charge in [0.1, 0.15) is 16.4 Å². The van der Waals surface area contributed by atoms with Gasteiger partial charge in [-0.1, -0.05) is 28.9 Å². The van der Waals surface area contributed by atoms with Gasteiger partial charge in [0, 0.05) is 22.5 Å². The Hall–Kier alpha value is -2.32.